The van der Waals surface area contributed by atoms with Crippen LogP contribution < -0.4 is 5.73 Å². The highest BCUT2D eigenvalue weighted by Gasteiger charge is 2.10. The van der Waals surface area contributed by atoms with Gasteiger partial charge < -0.3 is 5.73 Å². The fraction of sp³-hybridized carbons (Fsp3) is 0.333. The molecule has 0 aliphatic heterocycles. The normalized spacial score (nSPS) is 12.7. The summed E-state index contributed by atoms with van der Waals surface area (Å²) in [5, 5.41) is 11.5. The van der Waals surface area contributed by atoms with Crippen LogP contribution in [0.15, 0.2) is 24.8 Å². The second kappa shape index (κ2) is 4.14. The molecule has 0 radical (unpaired) electrons. The van der Waals surface area contributed by atoms with E-state index in [1.807, 2.05) is 13.1 Å². The first-order chi connectivity index (χ1) is 7.27. The van der Waals surface area contributed by atoms with Gasteiger partial charge in [-0.25, -0.2) is 4.98 Å². The van der Waals surface area contributed by atoms with Gasteiger partial charge in [0.15, 0.2) is 0 Å². The molecule has 2 heterocycles. The van der Waals surface area contributed by atoms with E-state index in [4.69, 9.17) is 5.73 Å². The Morgan fingerprint density at radius 2 is 2.33 bits per heavy atom. The summed E-state index contributed by atoms with van der Waals surface area (Å²) in [5.74, 6) is 0.860. The molecule has 0 aliphatic rings. The van der Waals surface area contributed by atoms with Gasteiger partial charge in [-0.05, 0) is 11.6 Å². The van der Waals surface area contributed by atoms with Crippen LogP contribution in [0.4, 0.5) is 0 Å². The zero-order valence-corrected chi connectivity index (χ0v) is 8.41. The van der Waals surface area contributed by atoms with Gasteiger partial charge in [0.25, 0.3) is 0 Å². The molecule has 2 rings (SSSR count). The summed E-state index contributed by atoms with van der Waals surface area (Å²) in [7, 11) is 1.85. The predicted molar refractivity (Wildman–Crippen MR) is 53.7 cm³/mol. The molecule has 0 amide bonds. The molecule has 1 unspecified atom stereocenters. The minimum Gasteiger partial charge on any atom is -0.324 e. The van der Waals surface area contributed by atoms with Crippen molar-refractivity contribution >= 4 is 0 Å². The third kappa shape index (κ3) is 2.16. The van der Waals surface area contributed by atoms with E-state index in [-0.39, 0.29) is 6.04 Å². The van der Waals surface area contributed by atoms with Crippen LogP contribution in [0.5, 0.6) is 0 Å². The minimum absolute atomic E-state index is 0.122. The summed E-state index contributed by atoms with van der Waals surface area (Å²) in [4.78, 5) is 4.12. The molecule has 0 bridgehead atoms. The molecule has 6 nitrogen and oxygen atoms in total. The molecule has 0 aromatic carbocycles. The number of aromatic nitrogens is 5. The van der Waals surface area contributed by atoms with Crippen molar-refractivity contribution in [2.75, 3.05) is 0 Å². The quantitative estimate of drug-likeness (QED) is 0.751. The SMILES string of the molecule is Cn1ncnc1CC(N)c1ccnnc1. The Kier molecular flexibility index (Phi) is 2.68. The van der Waals surface area contributed by atoms with Crippen LogP contribution in [0.25, 0.3) is 0 Å². The number of nitrogens with zero attached hydrogens (tertiary/aromatic N) is 5. The Morgan fingerprint density at radius 1 is 1.47 bits per heavy atom. The number of nitrogens with two attached hydrogens (primary N) is 1. The summed E-state index contributed by atoms with van der Waals surface area (Å²) in [6.45, 7) is 0. The standard InChI is InChI=1S/C9H12N6/c1-15-9(11-6-14-15)4-8(10)7-2-3-12-13-5-7/h2-3,5-6,8H,4,10H2,1H3. The minimum atomic E-state index is -0.122. The highest BCUT2D eigenvalue weighted by molar-refractivity contribution is 5.12. The van der Waals surface area contributed by atoms with E-state index in [0.717, 1.165) is 11.4 Å². The molecule has 1 atom stereocenters. The van der Waals surface area contributed by atoms with Crippen molar-refractivity contribution in [2.45, 2.75) is 12.5 Å². The van der Waals surface area contributed by atoms with Crippen molar-refractivity contribution in [2.24, 2.45) is 12.8 Å². The monoisotopic (exact) mass is 204 g/mol. The van der Waals surface area contributed by atoms with Crippen LogP contribution in [0.3, 0.4) is 0 Å². The molecule has 2 aromatic rings. The van der Waals surface area contributed by atoms with Crippen molar-refractivity contribution in [1.82, 2.24) is 25.0 Å². The highest BCUT2D eigenvalue weighted by atomic mass is 15.3. The van der Waals surface area contributed by atoms with Crippen molar-refractivity contribution in [1.29, 1.82) is 0 Å². The molecule has 2 N–H and O–H groups in total. The number of rotatable bonds is 3. The van der Waals surface area contributed by atoms with Crippen LogP contribution in [0.2, 0.25) is 0 Å². The van der Waals surface area contributed by atoms with Gasteiger partial charge in [-0.15, -0.1) is 0 Å². The lowest BCUT2D eigenvalue weighted by Gasteiger charge is -2.09. The van der Waals surface area contributed by atoms with E-state index >= 15 is 0 Å². The summed E-state index contributed by atoms with van der Waals surface area (Å²) in [6.07, 6.45) is 5.46. The molecule has 78 valence electrons. The molecule has 2 aromatic heterocycles. The third-order valence-electron chi connectivity index (χ3n) is 2.24. The van der Waals surface area contributed by atoms with Gasteiger partial charge in [-0.3, -0.25) is 4.68 Å². The van der Waals surface area contributed by atoms with Crippen LogP contribution >= 0.6 is 0 Å². The maximum atomic E-state index is 6.01. The van der Waals surface area contributed by atoms with Crippen LogP contribution in [0, 0.1) is 0 Å². The molecular weight excluding hydrogens is 192 g/mol. The molecule has 0 aliphatic carbocycles. The van der Waals surface area contributed by atoms with Crippen LogP contribution in [-0.4, -0.2) is 25.0 Å². The maximum Gasteiger partial charge on any atom is 0.138 e. The lowest BCUT2D eigenvalue weighted by molar-refractivity contribution is 0.626. The molecule has 0 fully saturated rings. The number of hydrogen-bond acceptors (Lipinski definition) is 5. The smallest absolute Gasteiger partial charge is 0.138 e. The van der Waals surface area contributed by atoms with Crippen molar-refractivity contribution in [3.63, 3.8) is 0 Å². The van der Waals surface area contributed by atoms with Crippen LogP contribution in [0.1, 0.15) is 17.4 Å². The average Bonchev–Trinajstić information content (AvgIpc) is 2.66. The molecule has 15 heavy (non-hydrogen) atoms. The molecular formula is C9H12N6. The van der Waals surface area contributed by atoms with Gasteiger partial charge >= 0.3 is 0 Å². The summed E-state index contributed by atoms with van der Waals surface area (Å²) in [6, 6.07) is 1.73. The molecule has 0 saturated carbocycles. The van der Waals surface area contributed by atoms with E-state index in [0.29, 0.717) is 6.42 Å². The van der Waals surface area contributed by atoms with Gasteiger partial charge in [-0.1, -0.05) is 0 Å². The molecule has 0 saturated heterocycles. The Balaban J connectivity index is 2.11. The van der Waals surface area contributed by atoms with E-state index in [1.54, 1.807) is 17.1 Å². The van der Waals surface area contributed by atoms with E-state index in [2.05, 4.69) is 20.3 Å². The average molecular weight is 204 g/mol. The zero-order chi connectivity index (χ0) is 10.7. The van der Waals surface area contributed by atoms with Crippen molar-refractivity contribution in [3.8, 4) is 0 Å². The molecule has 6 heteroatoms. The second-order valence-corrected chi connectivity index (χ2v) is 3.29. The largest absolute Gasteiger partial charge is 0.324 e. The first-order valence-corrected chi connectivity index (χ1v) is 4.62. The Bertz CT molecular complexity index is 423. The van der Waals surface area contributed by atoms with Gasteiger partial charge in [-0.2, -0.15) is 15.3 Å². The Labute approximate surface area is 87.2 Å². The fourth-order valence-corrected chi connectivity index (χ4v) is 1.34. The first-order valence-electron chi connectivity index (χ1n) is 4.62. The summed E-state index contributed by atoms with van der Waals surface area (Å²) >= 11 is 0. The van der Waals surface area contributed by atoms with E-state index in [9.17, 15) is 0 Å². The first kappa shape index (κ1) is 9.72. The molecule has 0 spiro atoms. The topological polar surface area (TPSA) is 82.5 Å². The van der Waals surface area contributed by atoms with Gasteiger partial charge in [0, 0.05) is 25.7 Å². The van der Waals surface area contributed by atoms with E-state index in [1.165, 1.54) is 6.33 Å². The number of aryl methyl sites for hydroxylation is 1. The summed E-state index contributed by atoms with van der Waals surface area (Å²) in [5.41, 5.74) is 6.96. The summed E-state index contributed by atoms with van der Waals surface area (Å²) < 4.78 is 1.72. The fourth-order valence-electron chi connectivity index (χ4n) is 1.34. The zero-order valence-electron chi connectivity index (χ0n) is 8.41. The lowest BCUT2D eigenvalue weighted by Crippen LogP contribution is -2.16. The third-order valence-corrected chi connectivity index (χ3v) is 2.24. The van der Waals surface area contributed by atoms with Gasteiger partial charge in [0.2, 0.25) is 0 Å². The Morgan fingerprint density at radius 3 is 2.93 bits per heavy atom. The maximum absolute atomic E-state index is 6.01. The lowest BCUT2D eigenvalue weighted by atomic mass is 10.1. The highest BCUT2D eigenvalue weighted by Crippen LogP contribution is 2.11. The predicted octanol–water partition coefficient (Wildman–Crippen LogP) is -0.152. The van der Waals surface area contributed by atoms with Crippen LogP contribution in [-0.2, 0) is 13.5 Å². The Hall–Kier alpha value is -1.82. The van der Waals surface area contributed by atoms with Crippen molar-refractivity contribution in [3.05, 3.63) is 36.2 Å². The number of hydrogen-bond donors (Lipinski definition) is 1. The van der Waals surface area contributed by atoms with Gasteiger partial charge in [0.1, 0.15) is 12.2 Å². The second-order valence-electron chi connectivity index (χ2n) is 3.29. The van der Waals surface area contributed by atoms with Crippen molar-refractivity contribution < 1.29 is 0 Å². The van der Waals surface area contributed by atoms with E-state index < -0.39 is 0 Å². The van der Waals surface area contributed by atoms with Gasteiger partial charge in [0.05, 0.1) is 6.20 Å².